The van der Waals surface area contributed by atoms with Crippen LogP contribution in [-0.4, -0.2) is 60.4 Å². The highest BCUT2D eigenvalue weighted by Gasteiger charge is 2.32. The minimum Gasteiger partial charge on any atom is -0.494 e. The minimum atomic E-state index is -0.434. The second kappa shape index (κ2) is 9.42. The van der Waals surface area contributed by atoms with Crippen LogP contribution in [0.2, 0.25) is 0 Å². The van der Waals surface area contributed by atoms with E-state index in [0.717, 1.165) is 17.9 Å². The summed E-state index contributed by atoms with van der Waals surface area (Å²) >= 11 is 0. The molecule has 6 nitrogen and oxygen atoms in total. The average molecular weight is 347 g/mol. The lowest BCUT2D eigenvalue weighted by Gasteiger charge is -2.35. The fraction of sp³-hybridized carbons (Fsp3) is 0.579. The van der Waals surface area contributed by atoms with Crippen LogP contribution in [0.3, 0.4) is 0 Å². The van der Waals surface area contributed by atoms with E-state index in [0.29, 0.717) is 32.8 Å². The van der Waals surface area contributed by atoms with Crippen molar-refractivity contribution >= 4 is 11.8 Å². The SMILES string of the molecule is CCOc1ccccc1CN1CCNC(=O)C1CC(=O)N(CC)CC. The Morgan fingerprint density at radius 1 is 1.28 bits per heavy atom. The normalized spacial score (nSPS) is 17.9. The van der Waals surface area contributed by atoms with E-state index >= 15 is 0 Å². The van der Waals surface area contributed by atoms with Gasteiger partial charge in [0.2, 0.25) is 11.8 Å². The van der Waals surface area contributed by atoms with Gasteiger partial charge in [-0.1, -0.05) is 18.2 Å². The maximum absolute atomic E-state index is 12.5. The molecule has 0 saturated carbocycles. The molecule has 2 amide bonds. The van der Waals surface area contributed by atoms with Gasteiger partial charge in [0.05, 0.1) is 19.1 Å². The number of para-hydroxylation sites is 1. The van der Waals surface area contributed by atoms with Gasteiger partial charge in [-0.15, -0.1) is 0 Å². The van der Waals surface area contributed by atoms with Gasteiger partial charge in [0.25, 0.3) is 0 Å². The van der Waals surface area contributed by atoms with Crippen molar-refractivity contribution in [3.8, 4) is 5.75 Å². The van der Waals surface area contributed by atoms with E-state index in [-0.39, 0.29) is 18.2 Å². The van der Waals surface area contributed by atoms with Gasteiger partial charge in [0.1, 0.15) is 5.75 Å². The predicted molar refractivity (Wildman–Crippen MR) is 97.4 cm³/mol. The first-order valence-corrected chi connectivity index (χ1v) is 9.10. The monoisotopic (exact) mass is 347 g/mol. The number of benzene rings is 1. The lowest BCUT2D eigenvalue weighted by Crippen LogP contribution is -2.56. The molecule has 1 heterocycles. The molecule has 2 rings (SSSR count). The van der Waals surface area contributed by atoms with Gasteiger partial charge in [-0.05, 0) is 26.8 Å². The second-order valence-electron chi connectivity index (χ2n) is 6.09. The third-order valence-corrected chi connectivity index (χ3v) is 4.57. The molecule has 1 unspecified atom stereocenters. The Bertz CT molecular complexity index is 587. The standard InChI is InChI=1S/C19H29N3O3/c1-4-21(5-2)18(23)13-16-19(24)20-11-12-22(16)14-15-9-7-8-10-17(15)25-6-3/h7-10,16H,4-6,11-14H2,1-3H3,(H,20,24). The Kier molecular flexibility index (Phi) is 7.25. The largest absolute Gasteiger partial charge is 0.494 e. The molecule has 0 bridgehead atoms. The Balaban J connectivity index is 2.14. The Labute approximate surface area is 150 Å². The van der Waals surface area contributed by atoms with Crippen molar-refractivity contribution < 1.29 is 14.3 Å². The van der Waals surface area contributed by atoms with Crippen molar-refractivity contribution in [2.24, 2.45) is 0 Å². The first-order valence-electron chi connectivity index (χ1n) is 9.10. The van der Waals surface area contributed by atoms with E-state index in [9.17, 15) is 9.59 Å². The molecule has 1 aromatic carbocycles. The summed E-state index contributed by atoms with van der Waals surface area (Å²) in [5, 5.41) is 2.89. The van der Waals surface area contributed by atoms with Crippen molar-refractivity contribution in [2.45, 2.75) is 39.8 Å². The number of nitrogens with zero attached hydrogens (tertiary/aromatic N) is 2. The summed E-state index contributed by atoms with van der Waals surface area (Å²) in [4.78, 5) is 28.7. The highest BCUT2D eigenvalue weighted by molar-refractivity contribution is 5.88. The summed E-state index contributed by atoms with van der Waals surface area (Å²) in [7, 11) is 0. The molecule has 1 atom stereocenters. The topological polar surface area (TPSA) is 61.9 Å². The van der Waals surface area contributed by atoms with Crippen LogP contribution in [0, 0.1) is 0 Å². The minimum absolute atomic E-state index is 0.0233. The second-order valence-corrected chi connectivity index (χ2v) is 6.09. The van der Waals surface area contributed by atoms with Gasteiger partial charge in [-0.3, -0.25) is 14.5 Å². The Morgan fingerprint density at radius 2 is 2.00 bits per heavy atom. The predicted octanol–water partition coefficient (Wildman–Crippen LogP) is 1.64. The maximum atomic E-state index is 12.5. The number of carbonyl (C=O) groups is 2. The van der Waals surface area contributed by atoms with Crippen LogP contribution in [0.5, 0.6) is 5.75 Å². The van der Waals surface area contributed by atoms with Crippen LogP contribution in [0.4, 0.5) is 0 Å². The zero-order valence-corrected chi connectivity index (χ0v) is 15.5. The van der Waals surface area contributed by atoms with Crippen LogP contribution >= 0.6 is 0 Å². The fourth-order valence-electron chi connectivity index (χ4n) is 3.19. The molecule has 0 aromatic heterocycles. The molecule has 1 aliphatic rings. The maximum Gasteiger partial charge on any atom is 0.237 e. The number of hydrogen-bond donors (Lipinski definition) is 1. The zero-order chi connectivity index (χ0) is 18.2. The molecule has 0 radical (unpaired) electrons. The van der Waals surface area contributed by atoms with E-state index in [4.69, 9.17) is 4.74 Å². The Morgan fingerprint density at radius 3 is 2.68 bits per heavy atom. The van der Waals surface area contributed by atoms with E-state index in [2.05, 4.69) is 10.2 Å². The number of amides is 2. The lowest BCUT2D eigenvalue weighted by molar-refractivity contribution is -0.138. The van der Waals surface area contributed by atoms with Crippen molar-refractivity contribution in [3.63, 3.8) is 0 Å². The number of piperazine rings is 1. The fourth-order valence-corrected chi connectivity index (χ4v) is 3.19. The molecule has 1 aromatic rings. The summed E-state index contributed by atoms with van der Waals surface area (Å²) in [6.45, 7) is 9.72. The summed E-state index contributed by atoms with van der Waals surface area (Å²) in [5.74, 6) is 0.792. The summed E-state index contributed by atoms with van der Waals surface area (Å²) in [6, 6.07) is 7.44. The van der Waals surface area contributed by atoms with Gasteiger partial charge in [-0.2, -0.15) is 0 Å². The first-order chi connectivity index (χ1) is 12.1. The van der Waals surface area contributed by atoms with Crippen molar-refractivity contribution in [1.29, 1.82) is 0 Å². The molecule has 25 heavy (non-hydrogen) atoms. The third-order valence-electron chi connectivity index (χ3n) is 4.57. The van der Waals surface area contributed by atoms with E-state index in [1.165, 1.54) is 0 Å². The highest BCUT2D eigenvalue weighted by atomic mass is 16.5. The van der Waals surface area contributed by atoms with E-state index < -0.39 is 6.04 Å². The van der Waals surface area contributed by atoms with Crippen LogP contribution in [0.25, 0.3) is 0 Å². The van der Waals surface area contributed by atoms with Crippen molar-refractivity contribution in [2.75, 3.05) is 32.8 Å². The molecular weight excluding hydrogens is 318 g/mol. The van der Waals surface area contributed by atoms with Crippen LogP contribution in [0.15, 0.2) is 24.3 Å². The molecule has 138 valence electrons. The van der Waals surface area contributed by atoms with E-state index in [1.807, 2.05) is 45.0 Å². The van der Waals surface area contributed by atoms with Crippen LogP contribution in [0.1, 0.15) is 32.8 Å². The van der Waals surface area contributed by atoms with Gasteiger partial charge in [0, 0.05) is 38.3 Å². The molecule has 1 saturated heterocycles. The quantitative estimate of drug-likeness (QED) is 0.777. The highest BCUT2D eigenvalue weighted by Crippen LogP contribution is 2.22. The van der Waals surface area contributed by atoms with Gasteiger partial charge in [0.15, 0.2) is 0 Å². The summed E-state index contributed by atoms with van der Waals surface area (Å²) in [6.07, 6.45) is 0.213. The van der Waals surface area contributed by atoms with Gasteiger partial charge >= 0.3 is 0 Å². The summed E-state index contributed by atoms with van der Waals surface area (Å²) < 4.78 is 5.69. The molecule has 6 heteroatoms. The molecule has 1 fully saturated rings. The number of ether oxygens (including phenoxy) is 1. The number of rotatable bonds is 8. The number of hydrogen-bond acceptors (Lipinski definition) is 4. The molecule has 1 aliphatic heterocycles. The van der Waals surface area contributed by atoms with Crippen LogP contribution < -0.4 is 10.1 Å². The van der Waals surface area contributed by atoms with Crippen LogP contribution in [-0.2, 0) is 16.1 Å². The Hall–Kier alpha value is -2.08. The van der Waals surface area contributed by atoms with Gasteiger partial charge in [-0.25, -0.2) is 0 Å². The van der Waals surface area contributed by atoms with E-state index in [1.54, 1.807) is 4.90 Å². The number of nitrogens with one attached hydrogen (secondary N) is 1. The molecule has 1 N–H and O–H groups in total. The first kappa shape index (κ1) is 19.2. The molecule has 0 spiro atoms. The number of carbonyl (C=O) groups excluding carboxylic acids is 2. The van der Waals surface area contributed by atoms with Crippen molar-refractivity contribution in [1.82, 2.24) is 15.1 Å². The lowest BCUT2D eigenvalue weighted by atomic mass is 10.1. The van der Waals surface area contributed by atoms with Gasteiger partial charge < -0.3 is 15.0 Å². The molecular formula is C19H29N3O3. The zero-order valence-electron chi connectivity index (χ0n) is 15.5. The molecule has 0 aliphatic carbocycles. The summed E-state index contributed by atoms with van der Waals surface area (Å²) in [5.41, 5.74) is 1.04. The average Bonchev–Trinajstić information content (AvgIpc) is 2.61. The third kappa shape index (κ3) is 4.95. The van der Waals surface area contributed by atoms with Crippen molar-refractivity contribution in [3.05, 3.63) is 29.8 Å². The smallest absolute Gasteiger partial charge is 0.237 e.